The predicted octanol–water partition coefficient (Wildman–Crippen LogP) is 1.75. The van der Waals surface area contributed by atoms with Gasteiger partial charge in [0, 0.05) is 44.7 Å². The Kier molecular flexibility index (Phi) is 7.07. The van der Waals surface area contributed by atoms with Crippen LogP contribution in [0, 0.1) is 0 Å². The van der Waals surface area contributed by atoms with Crippen molar-refractivity contribution in [2.24, 2.45) is 0 Å². The fourth-order valence-electron chi connectivity index (χ4n) is 2.69. The molecule has 0 aliphatic carbocycles. The lowest BCUT2D eigenvalue weighted by Crippen LogP contribution is -2.47. The number of nitrogens with one attached hydrogen (secondary N) is 1. The lowest BCUT2D eigenvalue weighted by atomic mass is 10.1. The number of amides is 2. The highest BCUT2D eigenvalue weighted by atomic mass is 16.2. The second-order valence-corrected chi connectivity index (χ2v) is 6.12. The monoisotopic (exact) mass is 317 g/mol. The molecule has 1 heterocycles. The van der Waals surface area contributed by atoms with Gasteiger partial charge >= 0.3 is 0 Å². The summed E-state index contributed by atoms with van der Waals surface area (Å²) in [5.74, 6) is 0.241. The summed E-state index contributed by atoms with van der Waals surface area (Å²) in [5, 5.41) is 2.92. The molecule has 23 heavy (non-hydrogen) atoms. The summed E-state index contributed by atoms with van der Waals surface area (Å²) in [6.45, 7) is 4.30. The maximum atomic E-state index is 12.1. The minimum absolute atomic E-state index is 0.0286. The number of rotatable bonds is 7. The molecule has 1 saturated heterocycles. The van der Waals surface area contributed by atoms with Crippen LogP contribution in [0.2, 0.25) is 0 Å². The summed E-state index contributed by atoms with van der Waals surface area (Å²) >= 11 is 0. The van der Waals surface area contributed by atoms with E-state index in [0.29, 0.717) is 18.5 Å². The van der Waals surface area contributed by atoms with E-state index in [-0.39, 0.29) is 11.8 Å². The molecule has 126 valence electrons. The molecule has 0 spiro atoms. The van der Waals surface area contributed by atoms with Crippen molar-refractivity contribution in [3.8, 4) is 0 Å². The van der Waals surface area contributed by atoms with Crippen molar-refractivity contribution in [2.45, 2.75) is 25.7 Å². The number of unbranched alkanes of at least 4 members (excludes halogenated alkanes) is 2. The molecule has 2 rings (SSSR count). The van der Waals surface area contributed by atoms with Gasteiger partial charge in [0.1, 0.15) is 0 Å². The first-order chi connectivity index (χ1) is 11.2. The topological polar surface area (TPSA) is 52.6 Å². The molecule has 0 unspecified atom stereocenters. The van der Waals surface area contributed by atoms with E-state index in [9.17, 15) is 9.59 Å². The van der Waals surface area contributed by atoms with Gasteiger partial charge in [0.25, 0.3) is 5.91 Å². The molecule has 1 aliphatic heterocycles. The summed E-state index contributed by atoms with van der Waals surface area (Å²) in [6.07, 6.45) is 3.39. The van der Waals surface area contributed by atoms with Crippen LogP contribution in [0.4, 0.5) is 0 Å². The molecule has 0 saturated carbocycles. The molecular weight excluding hydrogens is 290 g/mol. The number of hydrogen-bond donors (Lipinski definition) is 1. The number of benzene rings is 1. The first-order valence-electron chi connectivity index (χ1n) is 8.46. The molecule has 0 radical (unpaired) electrons. The Morgan fingerprint density at radius 2 is 1.70 bits per heavy atom. The third-order valence-electron chi connectivity index (χ3n) is 4.24. The largest absolute Gasteiger partial charge is 0.352 e. The van der Waals surface area contributed by atoms with Gasteiger partial charge < -0.3 is 15.1 Å². The summed E-state index contributed by atoms with van der Waals surface area (Å²) in [6, 6.07) is 9.24. The number of carbonyl (C=O) groups excluding carboxylic acids is 2. The van der Waals surface area contributed by atoms with Crippen molar-refractivity contribution in [1.29, 1.82) is 0 Å². The molecule has 0 aromatic heterocycles. The Bertz CT molecular complexity index is 496. The summed E-state index contributed by atoms with van der Waals surface area (Å²) in [7, 11) is 2.09. The van der Waals surface area contributed by atoms with E-state index in [0.717, 1.165) is 45.4 Å². The lowest BCUT2D eigenvalue weighted by molar-refractivity contribution is -0.132. The van der Waals surface area contributed by atoms with Gasteiger partial charge in [0.05, 0.1) is 0 Å². The number of hydrogen-bond acceptors (Lipinski definition) is 3. The van der Waals surface area contributed by atoms with Crippen molar-refractivity contribution >= 4 is 11.8 Å². The van der Waals surface area contributed by atoms with E-state index in [1.807, 2.05) is 35.2 Å². The second-order valence-electron chi connectivity index (χ2n) is 6.12. The number of piperazine rings is 1. The van der Waals surface area contributed by atoms with Crippen LogP contribution >= 0.6 is 0 Å². The summed E-state index contributed by atoms with van der Waals surface area (Å²) < 4.78 is 0. The standard InChI is InChI=1S/C18H27N3O2/c1-20-12-14-21(15-13-20)17(22)10-6-3-7-11-19-18(23)16-8-4-2-5-9-16/h2,4-5,8-9H,3,6-7,10-15H2,1H3,(H,19,23). The van der Waals surface area contributed by atoms with E-state index in [1.54, 1.807) is 0 Å². The van der Waals surface area contributed by atoms with E-state index in [4.69, 9.17) is 0 Å². The average molecular weight is 317 g/mol. The van der Waals surface area contributed by atoms with Crippen LogP contribution in [0.1, 0.15) is 36.0 Å². The maximum Gasteiger partial charge on any atom is 0.251 e. The Morgan fingerprint density at radius 1 is 1.00 bits per heavy atom. The predicted molar refractivity (Wildman–Crippen MR) is 91.3 cm³/mol. The van der Waals surface area contributed by atoms with Gasteiger partial charge in [-0.2, -0.15) is 0 Å². The third kappa shape index (κ3) is 6.02. The van der Waals surface area contributed by atoms with Gasteiger partial charge in [-0.15, -0.1) is 0 Å². The van der Waals surface area contributed by atoms with Crippen molar-refractivity contribution in [1.82, 2.24) is 15.1 Å². The van der Waals surface area contributed by atoms with Crippen LogP contribution < -0.4 is 5.32 Å². The van der Waals surface area contributed by atoms with Gasteiger partial charge in [-0.3, -0.25) is 9.59 Å². The second kappa shape index (κ2) is 9.30. The first kappa shape index (κ1) is 17.5. The normalized spacial score (nSPS) is 15.4. The number of likely N-dealkylation sites (N-methyl/N-ethyl adjacent to an activating group) is 1. The number of nitrogens with zero attached hydrogens (tertiary/aromatic N) is 2. The molecule has 1 N–H and O–H groups in total. The lowest BCUT2D eigenvalue weighted by Gasteiger charge is -2.32. The zero-order chi connectivity index (χ0) is 16.5. The molecule has 0 atom stereocenters. The Morgan fingerprint density at radius 3 is 2.39 bits per heavy atom. The summed E-state index contributed by atoms with van der Waals surface area (Å²) in [4.78, 5) is 28.1. The van der Waals surface area contributed by atoms with Crippen molar-refractivity contribution in [3.63, 3.8) is 0 Å². The Labute approximate surface area is 138 Å². The third-order valence-corrected chi connectivity index (χ3v) is 4.24. The quantitative estimate of drug-likeness (QED) is 0.780. The van der Waals surface area contributed by atoms with Gasteiger partial charge in [-0.1, -0.05) is 24.6 Å². The smallest absolute Gasteiger partial charge is 0.251 e. The number of carbonyl (C=O) groups is 2. The highest BCUT2D eigenvalue weighted by Gasteiger charge is 2.18. The highest BCUT2D eigenvalue weighted by molar-refractivity contribution is 5.94. The first-order valence-corrected chi connectivity index (χ1v) is 8.46. The van der Waals surface area contributed by atoms with Crippen molar-refractivity contribution in [3.05, 3.63) is 35.9 Å². The maximum absolute atomic E-state index is 12.1. The van der Waals surface area contributed by atoms with Crippen LogP contribution in [0.25, 0.3) is 0 Å². The van der Waals surface area contributed by atoms with E-state index < -0.39 is 0 Å². The van der Waals surface area contributed by atoms with Gasteiger partial charge in [0.2, 0.25) is 5.91 Å². The zero-order valence-corrected chi connectivity index (χ0v) is 14.0. The van der Waals surface area contributed by atoms with E-state index in [1.165, 1.54) is 0 Å². The molecule has 5 heteroatoms. The summed E-state index contributed by atoms with van der Waals surface area (Å²) in [5.41, 5.74) is 0.692. The van der Waals surface area contributed by atoms with Gasteiger partial charge in [-0.25, -0.2) is 0 Å². The van der Waals surface area contributed by atoms with Crippen LogP contribution in [-0.2, 0) is 4.79 Å². The van der Waals surface area contributed by atoms with Crippen molar-refractivity contribution in [2.75, 3.05) is 39.8 Å². The Hall–Kier alpha value is -1.88. The molecule has 5 nitrogen and oxygen atoms in total. The highest BCUT2D eigenvalue weighted by Crippen LogP contribution is 2.06. The van der Waals surface area contributed by atoms with Gasteiger partial charge in [-0.05, 0) is 32.0 Å². The zero-order valence-electron chi connectivity index (χ0n) is 14.0. The molecule has 2 amide bonds. The fourth-order valence-corrected chi connectivity index (χ4v) is 2.69. The SMILES string of the molecule is CN1CCN(C(=O)CCCCCNC(=O)c2ccccc2)CC1. The Balaban J connectivity index is 1.52. The molecule has 1 aliphatic rings. The van der Waals surface area contributed by atoms with Crippen LogP contribution in [0.15, 0.2) is 30.3 Å². The average Bonchev–Trinajstić information content (AvgIpc) is 2.59. The molecular formula is C18H27N3O2. The van der Waals surface area contributed by atoms with Crippen LogP contribution in [-0.4, -0.2) is 61.4 Å². The fraction of sp³-hybridized carbons (Fsp3) is 0.556. The van der Waals surface area contributed by atoms with Crippen LogP contribution in [0.3, 0.4) is 0 Å². The molecule has 1 fully saturated rings. The minimum Gasteiger partial charge on any atom is -0.352 e. The van der Waals surface area contributed by atoms with E-state index in [2.05, 4.69) is 17.3 Å². The van der Waals surface area contributed by atoms with E-state index >= 15 is 0 Å². The molecule has 0 bridgehead atoms. The molecule has 1 aromatic rings. The van der Waals surface area contributed by atoms with Crippen LogP contribution in [0.5, 0.6) is 0 Å². The molecule has 1 aromatic carbocycles. The van der Waals surface area contributed by atoms with Gasteiger partial charge in [0.15, 0.2) is 0 Å². The minimum atomic E-state index is -0.0286. The van der Waals surface area contributed by atoms with Crippen molar-refractivity contribution < 1.29 is 9.59 Å².